The van der Waals surface area contributed by atoms with Gasteiger partial charge in [-0.1, -0.05) is 27.7 Å². The Morgan fingerprint density at radius 2 is 2.17 bits per heavy atom. The Kier molecular flexibility index (Phi) is 5.60. The molecule has 2 atom stereocenters. The van der Waals surface area contributed by atoms with E-state index in [0.717, 1.165) is 19.4 Å². The molecule has 0 aromatic rings. The Morgan fingerprint density at radius 3 is 2.72 bits per heavy atom. The molecule has 0 radical (unpaired) electrons. The molecule has 1 aliphatic rings. The van der Waals surface area contributed by atoms with Crippen molar-refractivity contribution in [1.29, 1.82) is 0 Å². The summed E-state index contributed by atoms with van der Waals surface area (Å²) in [6.45, 7) is 10.6. The first kappa shape index (κ1) is 15.4. The summed E-state index contributed by atoms with van der Waals surface area (Å²) in [6, 6.07) is -0.0413. The van der Waals surface area contributed by atoms with Gasteiger partial charge in [0.05, 0.1) is 12.7 Å². The summed E-state index contributed by atoms with van der Waals surface area (Å²) >= 11 is 0. The lowest BCUT2D eigenvalue weighted by atomic mass is 9.87. The van der Waals surface area contributed by atoms with Gasteiger partial charge < -0.3 is 15.4 Å². The van der Waals surface area contributed by atoms with E-state index < -0.39 is 0 Å². The predicted octanol–water partition coefficient (Wildman–Crippen LogP) is 1.78. The Hall–Kier alpha value is -0.610. The lowest BCUT2D eigenvalue weighted by molar-refractivity contribution is -0.139. The first-order valence-corrected chi connectivity index (χ1v) is 6.97. The van der Waals surface area contributed by atoms with E-state index >= 15 is 0 Å². The smallest absolute Gasteiger partial charge is 0.224 e. The summed E-state index contributed by atoms with van der Waals surface area (Å²) in [5.74, 6) is 0.175. The SMILES string of the molecule is CCC1CN(C(=O)CC(N)CC(C)(C)C)CCO1. The molecule has 4 heteroatoms. The van der Waals surface area contributed by atoms with Crippen molar-refractivity contribution in [3.05, 3.63) is 0 Å². The van der Waals surface area contributed by atoms with Crippen LogP contribution in [0.15, 0.2) is 0 Å². The third-order valence-electron chi connectivity index (χ3n) is 3.26. The van der Waals surface area contributed by atoms with Gasteiger partial charge >= 0.3 is 0 Å². The highest BCUT2D eigenvalue weighted by Gasteiger charge is 2.25. The average molecular weight is 256 g/mol. The Bertz CT molecular complexity index is 273. The molecule has 0 aromatic carbocycles. The van der Waals surface area contributed by atoms with Gasteiger partial charge in [-0.15, -0.1) is 0 Å². The maximum Gasteiger partial charge on any atom is 0.224 e. The minimum absolute atomic E-state index is 0.0413. The second-order valence-electron chi connectivity index (χ2n) is 6.47. The normalized spacial score (nSPS) is 22.9. The van der Waals surface area contributed by atoms with E-state index in [1.165, 1.54) is 0 Å². The molecule has 4 nitrogen and oxygen atoms in total. The van der Waals surface area contributed by atoms with E-state index in [9.17, 15) is 4.79 Å². The molecular weight excluding hydrogens is 228 g/mol. The van der Waals surface area contributed by atoms with Crippen LogP contribution in [0.4, 0.5) is 0 Å². The van der Waals surface area contributed by atoms with Crippen LogP contribution >= 0.6 is 0 Å². The van der Waals surface area contributed by atoms with Gasteiger partial charge in [-0.2, -0.15) is 0 Å². The highest BCUT2D eigenvalue weighted by molar-refractivity contribution is 5.76. The van der Waals surface area contributed by atoms with E-state index in [-0.39, 0.29) is 23.5 Å². The van der Waals surface area contributed by atoms with E-state index in [2.05, 4.69) is 27.7 Å². The minimum Gasteiger partial charge on any atom is -0.375 e. The van der Waals surface area contributed by atoms with Gasteiger partial charge in [0.2, 0.25) is 5.91 Å². The molecular formula is C14H28N2O2. The predicted molar refractivity (Wildman–Crippen MR) is 73.3 cm³/mol. The van der Waals surface area contributed by atoms with Crippen molar-refractivity contribution in [2.75, 3.05) is 19.7 Å². The van der Waals surface area contributed by atoms with Crippen LogP contribution in [0.1, 0.15) is 47.0 Å². The maximum atomic E-state index is 12.1. The molecule has 1 fully saturated rings. The highest BCUT2D eigenvalue weighted by Crippen LogP contribution is 2.21. The van der Waals surface area contributed by atoms with Crippen molar-refractivity contribution in [3.63, 3.8) is 0 Å². The largest absolute Gasteiger partial charge is 0.375 e. The van der Waals surface area contributed by atoms with Gasteiger partial charge in [0, 0.05) is 25.6 Å². The molecule has 106 valence electrons. The number of carbonyl (C=O) groups is 1. The van der Waals surface area contributed by atoms with Gasteiger partial charge in [0.1, 0.15) is 0 Å². The molecule has 18 heavy (non-hydrogen) atoms. The van der Waals surface area contributed by atoms with Crippen LogP contribution < -0.4 is 5.73 Å². The van der Waals surface area contributed by atoms with Crippen molar-refractivity contribution in [2.24, 2.45) is 11.1 Å². The van der Waals surface area contributed by atoms with Gasteiger partial charge in [-0.25, -0.2) is 0 Å². The molecule has 1 heterocycles. The van der Waals surface area contributed by atoms with E-state index in [1.807, 2.05) is 4.90 Å². The van der Waals surface area contributed by atoms with Crippen molar-refractivity contribution in [3.8, 4) is 0 Å². The zero-order valence-electron chi connectivity index (χ0n) is 12.2. The quantitative estimate of drug-likeness (QED) is 0.834. The number of nitrogens with two attached hydrogens (primary N) is 1. The Balaban J connectivity index is 2.40. The Morgan fingerprint density at radius 1 is 1.50 bits per heavy atom. The van der Waals surface area contributed by atoms with Crippen LogP contribution in [-0.4, -0.2) is 42.6 Å². The van der Waals surface area contributed by atoms with Gasteiger partial charge in [0.25, 0.3) is 0 Å². The summed E-state index contributed by atoms with van der Waals surface area (Å²) in [6.07, 6.45) is 2.48. The van der Waals surface area contributed by atoms with E-state index in [4.69, 9.17) is 10.5 Å². The van der Waals surface area contributed by atoms with Gasteiger partial charge in [-0.3, -0.25) is 4.79 Å². The average Bonchev–Trinajstić information content (AvgIpc) is 2.26. The van der Waals surface area contributed by atoms with Crippen molar-refractivity contribution in [1.82, 2.24) is 4.90 Å². The van der Waals surface area contributed by atoms with Crippen molar-refractivity contribution < 1.29 is 9.53 Å². The maximum absolute atomic E-state index is 12.1. The van der Waals surface area contributed by atoms with Gasteiger partial charge in [-0.05, 0) is 18.3 Å². The Labute approximate surface area is 111 Å². The number of nitrogens with zero attached hydrogens (tertiary/aromatic N) is 1. The number of hydrogen-bond donors (Lipinski definition) is 1. The molecule has 2 N–H and O–H groups in total. The number of morpholine rings is 1. The molecule has 1 amide bonds. The molecule has 1 saturated heterocycles. The second-order valence-corrected chi connectivity index (χ2v) is 6.47. The number of hydrogen-bond acceptors (Lipinski definition) is 3. The fourth-order valence-corrected chi connectivity index (χ4v) is 2.40. The number of rotatable bonds is 4. The lowest BCUT2D eigenvalue weighted by Crippen LogP contribution is -2.47. The molecule has 0 bridgehead atoms. The molecule has 1 rings (SSSR count). The number of carbonyl (C=O) groups excluding carboxylic acids is 1. The third-order valence-corrected chi connectivity index (χ3v) is 3.26. The van der Waals surface area contributed by atoms with Crippen LogP contribution in [0.3, 0.4) is 0 Å². The molecule has 0 aliphatic carbocycles. The summed E-state index contributed by atoms with van der Waals surface area (Å²) in [4.78, 5) is 14.0. The monoisotopic (exact) mass is 256 g/mol. The van der Waals surface area contributed by atoms with E-state index in [0.29, 0.717) is 19.6 Å². The molecule has 0 saturated carbocycles. The highest BCUT2D eigenvalue weighted by atomic mass is 16.5. The topological polar surface area (TPSA) is 55.6 Å². The fraction of sp³-hybridized carbons (Fsp3) is 0.929. The summed E-state index contributed by atoms with van der Waals surface area (Å²) in [5.41, 5.74) is 6.23. The van der Waals surface area contributed by atoms with Gasteiger partial charge in [0.15, 0.2) is 0 Å². The summed E-state index contributed by atoms with van der Waals surface area (Å²) < 4.78 is 5.57. The summed E-state index contributed by atoms with van der Waals surface area (Å²) in [5, 5.41) is 0. The van der Waals surface area contributed by atoms with Crippen molar-refractivity contribution >= 4 is 5.91 Å². The second kappa shape index (κ2) is 6.53. The minimum atomic E-state index is -0.0413. The molecule has 1 aliphatic heterocycles. The zero-order chi connectivity index (χ0) is 13.8. The van der Waals surface area contributed by atoms with E-state index in [1.54, 1.807) is 0 Å². The van der Waals surface area contributed by atoms with Crippen LogP contribution in [0.25, 0.3) is 0 Å². The van der Waals surface area contributed by atoms with Crippen LogP contribution in [-0.2, 0) is 9.53 Å². The van der Waals surface area contributed by atoms with Crippen LogP contribution in [0, 0.1) is 5.41 Å². The first-order chi connectivity index (χ1) is 8.31. The van der Waals surface area contributed by atoms with Crippen LogP contribution in [0.5, 0.6) is 0 Å². The number of amides is 1. The zero-order valence-corrected chi connectivity index (χ0v) is 12.2. The fourth-order valence-electron chi connectivity index (χ4n) is 2.40. The lowest BCUT2D eigenvalue weighted by Gasteiger charge is -2.33. The first-order valence-electron chi connectivity index (χ1n) is 6.97. The standard InChI is InChI=1S/C14H28N2O2/c1-5-12-10-16(6-7-18-12)13(17)8-11(15)9-14(2,3)4/h11-12H,5-10,15H2,1-4H3. The molecule has 0 aromatic heterocycles. The van der Waals surface area contributed by atoms with Crippen molar-refractivity contribution in [2.45, 2.75) is 59.1 Å². The number of ether oxygens (including phenoxy) is 1. The molecule has 2 unspecified atom stereocenters. The van der Waals surface area contributed by atoms with Crippen LogP contribution in [0.2, 0.25) is 0 Å². The summed E-state index contributed by atoms with van der Waals surface area (Å²) in [7, 11) is 0. The third kappa shape index (κ3) is 5.36. The molecule has 0 spiro atoms.